The highest BCUT2D eigenvalue weighted by Gasteiger charge is 2.54. The summed E-state index contributed by atoms with van der Waals surface area (Å²) < 4.78 is 0. The number of nitrogens with zero attached hydrogens (tertiary/aromatic N) is 3. The Balaban J connectivity index is 1.35. The molecule has 216 valence electrons. The van der Waals surface area contributed by atoms with E-state index in [1.54, 1.807) is 0 Å². The zero-order valence-corrected chi connectivity index (χ0v) is 25.4. The van der Waals surface area contributed by atoms with Gasteiger partial charge in [0.05, 0.1) is 15.9 Å². The highest BCUT2D eigenvalue weighted by Crippen LogP contribution is 2.44. The second-order valence-corrected chi connectivity index (χ2v) is 13.5. The van der Waals surface area contributed by atoms with Crippen molar-refractivity contribution in [2.75, 3.05) is 28.1 Å². The molecule has 1 aromatic carbocycles. The van der Waals surface area contributed by atoms with E-state index in [-0.39, 0.29) is 33.1 Å². The van der Waals surface area contributed by atoms with E-state index < -0.39 is 35.2 Å². The zero-order valence-electron chi connectivity index (χ0n) is 20.6. The molecule has 12 nitrogen and oxygen atoms in total. The molecule has 2 amide bonds. The van der Waals surface area contributed by atoms with Gasteiger partial charge in [0.1, 0.15) is 28.7 Å². The predicted octanol–water partition coefficient (Wildman–Crippen LogP) is 3.32. The van der Waals surface area contributed by atoms with Crippen molar-refractivity contribution in [3.8, 4) is 0 Å². The smallest absolute Gasteiger partial charge is 0.353 e. The molecule has 3 heterocycles. The third-order valence-corrected chi connectivity index (χ3v) is 10.8. The summed E-state index contributed by atoms with van der Waals surface area (Å²) in [7, 11) is 0. The lowest BCUT2D eigenvalue weighted by molar-refractivity contribution is -0.150. The third-order valence-electron chi connectivity index (χ3n) is 5.43. The summed E-state index contributed by atoms with van der Waals surface area (Å²) in [6.45, 7) is 0. The molecule has 1 fully saturated rings. The van der Waals surface area contributed by atoms with Gasteiger partial charge in [0.15, 0.2) is 5.16 Å². The number of halogens is 2. The van der Waals surface area contributed by atoms with Gasteiger partial charge >= 0.3 is 11.9 Å². The number of carboxylic acids is 2. The van der Waals surface area contributed by atoms with E-state index in [2.05, 4.69) is 15.3 Å². The highest BCUT2D eigenvalue weighted by molar-refractivity contribution is 8.18. The fraction of sp³-hybridized carbons (Fsp3) is 0.217. The molecule has 0 bridgehead atoms. The molecule has 0 unspecified atom stereocenters. The van der Waals surface area contributed by atoms with Crippen LogP contribution in [0.3, 0.4) is 0 Å². The zero-order chi connectivity index (χ0) is 29.8. The van der Waals surface area contributed by atoms with Crippen LogP contribution in [0, 0.1) is 0 Å². The molecular weight excluding hydrogens is 655 g/mol. The topological polar surface area (TPSA) is 202 Å². The van der Waals surface area contributed by atoms with Crippen molar-refractivity contribution in [3.05, 3.63) is 50.5 Å². The molecule has 2 aromatic rings. The van der Waals surface area contributed by atoms with Crippen LogP contribution in [0.2, 0.25) is 10.0 Å². The number of amides is 2. The number of β-lactam (4-membered cyclic amide) rings is 1. The minimum Gasteiger partial charge on any atom is -0.478 e. The minimum absolute atomic E-state index is 0.0853. The van der Waals surface area contributed by atoms with Crippen molar-refractivity contribution in [2.24, 2.45) is 0 Å². The molecule has 2 aliphatic heterocycles. The van der Waals surface area contributed by atoms with Crippen molar-refractivity contribution < 1.29 is 29.4 Å². The van der Waals surface area contributed by atoms with Crippen LogP contribution in [-0.4, -0.2) is 76.8 Å². The number of rotatable bonds is 11. The van der Waals surface area contributed by atoms with Crippen LogP contribution in [0.4, 0.5) is 11.6 Å². The van der Waals surface area contributed by atoms with Gasteiger partial charge in [0, 0.05) is 32.7 Å². The Morgan fingerprint density at radius 2 is 1.80 bits per heavy atom. The molecule has 2 aliphatic rings. The molecule has 0 spiro atoms. The number of benzene rings is 1. The second-order valence-electron chi connectivity index (χ2n) is 8.20. The summed E-state index contributed by atoms with van der Waals surface area (Å²) >= 11 is 17.4. The normalized spacial score (nSPS) is 18.3. The van der Waals surface area contributed by atoms with E-state index in [1.807, 2.05) is 0 Å². The number of thioether (sulfide) groups is 4. The fourth-order valence-corrected chi connectivity index (χ4v) is 8.70. The van der Waals surface area contributed by atoms with Crippen molar-refractivity contribution >= 4 is 112 Å². The number of carbonyl (C=O) groups is 4. The molecule has 1 saturated heterocycles. The van der Waals surface area contributed by atoms with Crippen LogP contribution in [0.15, 0.2) is 44.9 Å². The largest absolute Gasteiger partial charge is 0.478 e. The van der Waals surface area contributed by atoms with Crippen molar-refractivity contribution in [1.82, 2.24) is 20.2 Å². The summed E-state index contributed by atoms with van der Waals surface area (Å²) in [5.74, 6) is -2.66. The van der Waals surface area contributed by atoms with Gasteiger partial charge in [-0.25, -0.2) is 19.6 Å². The van der Waals surface area contributed by atoms with E-state index in [0.717, 1.165) is 17.8 Å². The number of aliphatic carboxylic acids is 2. The summed E-state index contributed by atoms with van der Waals surface area (Å²) in [5, 5.41) is 22.0. The van der Waals surface area contributed by atoms with E-state index in [9.17, 15) is 24.3 Å². The first-order valence-electron chi connectivity index (χ1n) is 11.3. The number of hydrogen-bond donors (Lipinski definition) is 5. The van der Waals surface area contributed by atoms with E-state index in [4.69, 9.17) is 39.8 Å². The van der Waals surface area contributed by atoms with Crippen molar-refractivity contribution in [2.45, 2.75) is 21.5 Å². The van der Waals surface area contributed by atoms with Crippen LogP contribution >= 0.6 is 70.2 Å². The summed E-state index contributed by atoms with van der Waals surface area (Å²) in [6.07, 6.45) is 2.23. The summed E-state index contributed by atoms with van der Waals surface area (Å²) in [4.78, 5) is 58.7. The minimum atomic E-state index is -1.24. The first-order valence-corrected chi connectivity index (χ1v) is 16.1. The van der Waals surface area contributed by atoms with Crippen molar-refractivity contribution in [1.29, 1.82) is 0 Å². The van der Waals surface area contributed by atoms with E-state index >= 15 is 0 Å². The monoisotopic (exact) mass is 674 g/mol. The molecule has 0 saturated carbocycles. The SMILES string of the molecule is Nc1cc(N)nc(SCSC2=C(C(=O)O)N3C(=O)[C@@H](NC(=O)CSc4cc(Cl)c(/C=C/C(=O)O)cc4Cl)[C@H]3SC2)n1. The lowest BCUT2D eigenvalue weighted by Crippen LogP contribution is -2.70. The van der Waals surface area contributed by atoms with Crippen LogP contribution in [0.1, 0.15) is 5.56 Å². The maximum Gasteiger partial charge on any atom is 0.353 e. The standard InChI is InChI=1S/C23H20Cl2N6O6S4/c24-10-4-12(11(25)3-9(10)1-2-17(33)34)38-7-16(32)30-18-20(35)31-19(22(36)37)13(6-39-21(18)31)40-8-41-23-28-14(26)5-15(27)29-23/h1-5,18,21H,6-8H2,(H,30,32)(H,33,34)(H,36,37)(H4,26,27,28,29)/b2-1+/t18-,21-/m1/s1. The Hall–Kier alpha value is -2.76. The van der Waals surface area contributed by atoms with Gasteiger partial charge in [-0.15, -0.1) is 35.3 Å². The third kappa shape index (κ3) is 7.55. The number of anilines is 2. The van der Waals surface area contributed by atoms with Gasteiger partial charge in [-0.05, 0) is 23.8 Å². The van der Waals surface area contributed by atoms with E-state index in [1.165, 1.54) is 64.5 Å². The average molecular weight is 676 g/mol. The van der Waals surface area contributed by atoms with E-state index in [0.29, 0.717) is 31.4 Å². The molecule has 7 N–H and O–H groups in total. The number of aromatic nitrogens is 2. The molecule has 1 aromatic heterocycles. The molecular formula is C23H20Cl2N6O6S4. The molecule has 41 heavy (non-hydrogen) atoms. The maximum atomic E-state index is 12.9. The molecule has 2 atom stereocenters. The van der Waals surface area contributed by atoms with Crippen molar-refractivity contribution in [3.63, 3.8) is 0 Å². The molecule has 18 heteroatoms. The molecule has 0 radical (unpaired) electrons. The maximum absolute atomic E-state index is 12.9. The number of nitrogens with one attached hydrogen (secondary N) is 1. The number of fused-ring (bicyclic) bond motifs is 1. The van der Waals surface area contributed by atoms with Gasteiger partial charge in [-0.3, -0.25) is 14.5 Å². The first-order chi connectivity index (χ1) is 19.4. The predicted molar refractivity (Wildman–Crippen MR) is 163 cm³/mol. The van der Waals surface area contributed by atoms with Gasteiger partial charge in [-0.1, -0.05) is 35.0 Å². The Morgan fingerprint density at radius 1 is 1.10 bits per heavy atom. The highest BCUT2D eigenvalue weighted by atomic mass is 35.5. The fourth-order valence-electron chi connectivity index (χ4n) is 3.68. The summed E-state index contributed by atoms with van der Waals surface area (Å²) in [6, 6.07) is 3.55. The summed E-state index contributed by atoms with van der Waals surface area (Å²) in [5.41, 5.74) is 11.6. The number of nitrogens with two attached hydrogens (primary N) is 2. The molecule has 4 rings (SSSR count). The molecule has 0 aliphatic carbocycles. The van der Waals surface area contributed by atoms with Crippen LogP contribution in [0.25, 0.3) is 6.08 Å². The second kappa shape index (κ2) is 13.5. The Bertz CT molecular complexity index is 1470. The lowest BCUT2D eigenvalue weighted by atomic mass is 10.1. The van der Waals surface area contributed by atoms with Gasteiger partial charge in [-0.2, -0.15) is 0 Å². The number of carboxylic acid groups (broad SMARTS) is 2. The van der Waals surface area contributed by atoms with Crippen LogP contribution in [0.5, 0.6) is 0 Å². The number of carbonyl (C=O) groups excluding carboxylic acids is 2. The number of hydrogen-bond acceptors (Lipinski definition) is 12. The lowest BCUT2D eigenvalue weighted by Gasteiger charge is -2.49. The van der Waals surface area contributed by atoms with Gasteiger partial charge in [0.25, 0.3) is 5.91 Å². The van der Waals surface area contributed by atoms with Gasteiger partial charge < -0.3 is 27.0 Å². The number of nitrogen functional groups attached to an aromatic ring is 2. The Kier molecular flexibility index (Phi) is 10.3. The van der Waals surface area contributed by atoms with Gasteiger partial charge in [0.2, 0.25) is 5.91 Å². The van der Waals surface area contributed by atoms with Crippen LogP contribution in [-0.2, 0) is 19.2 Å². The Morgan fingerprint density at radius 3 is 2.46 bits per heavy atom. The van der Waals surface area contributed by atoms with Crippen LogP contribution < -0.4 is 16.8 Å². The Labute approximate surface area is 260 Å². The average Bonchev–Trinajstić information content (AvgIpc) is 2.90. The quantitative estimate of drug-likeness (QED) is 0.0763. The first kappa shape index (κ1) is 31.2.